The normalized spacial score (nSPS) is 10.5. The Bertz CT molecular complexity index is 506. The molecule has 1 aromatic carbocycles. The minimum absolute atomic E-state index is 0.238. The standard InChI is InChI=1S/C12H8Cl2O3/c13-12(14)17-9-5-2-1-4-8(9)11(15)10-6-3-7-16-10/h1-7,12H. The van der Waals surface area contributed by atoms with Gasteiger partial charge in [-0.2, -0.15) is 0 Å². The van der Waals surface area contributed by atoms with E-state index in [4.69, 9.17) is 32.4 Å². The third-order valence-electron chi connectivity index (χ3n) is 2.09. The Kier molecular flexibility index (Phi) is 3.71. The van der Waals surface area contributed by atoms with E-state index in [1.807, 2.05) is 0 Å². The Balaban J connectivity index is 2.35. The number of ether oxygens (including phenoxy) is 1. The van der Waals surface area contributed by atoms with Gasteiger partial charge in [-0.3, -0.25) is 4.79 Å². The molecule has 0 saturated heterocycles. The molecule has 0 unspecified atom stereocenters. The van der Waals surface area contributed by atoms with Crippen LogP contribution >= 0.6 is 23.2 Å². The van der Waals surface area contributed by atoms with Crippen molar-refractivity contribution >= 4 is 29.0 Å². The lowest BCUT2D eigenvalue weighted by Crippen LogP contribution is -2.07. The summed E-state index contributed by atoms with van der Waals surface area (Å²) in [6, 6.07) is 9.91. The van der Waals surface area contributed by atoms with Gasteiger partial charge in [-0.15, -0.1) is 0 Å². The summed E-state index contributed by atoms with van der Waals surface area (Å²) >= 11 is 11.0. The SMILES string of the molecule is O=C(c1ccco1)c1ccccc1OC(Cl)Cl. The molecule has 0 saturated carbocycles. The molecule has 0 fully saturated rings. The van der Waals surface area contributed by atoms with E-state index in [-0.39, 0.29) is 11.5 Å². The molecule has 1 aromatic heterocycles. The van der Waals surface area contributed by atoms with Gasteiger partial charge in [-0.25, -0.2) is 0 Å². The van der Waals surface area contributed by atoms with Crippen LogP contribution in [-0.2, 0) is 0 Å². The molecule has 88 valence electrons. The monoisotopic (exact) mass is 270 g/mol. The van der Waals surface area contributed by atoms with Gasteiger partial charge in [0.1, 0.15) is 5.75 Å². The molecule has 17 heavy (non-hydrogen) atoms. The molecular formula is C12H8Cl2O3. The van der Waals surface area contributed by atoms with Crippen LogP contribution in [0.4, 0.5) is 0 Å². The molecule has 2 aromatic rings. The average molecular weight is 271 g/mol. The molecule has 0 amide bonds. The van der Waals surface area contributed by atoms with Gasteiger partial charge >= 0.3 is 0 Å². The van der Waals surface area contributed by atoms with Gasteiger partial charge < -0.3 is 9.15 Å². The second-order valence-corrected chi connectivity index (χ2v) is 4.20. The molecule has 0 aliphatic heterocycles. The number of rotatable bonds is 4. The van der Waals surface area contributed by atoms with Crippen LogP contribution in [0, 0.1) is 0 Å². The predicted octanol–water partition coefficient (Wildman–Crippen LogP) is 3.65. The third kappa shape index (κ3) is 2.81. The number of carbonyl (C=O) groups excluding carboxylic acids is 1. The van der Waals surface area contributed by atoms with Crippen molar-refractivity contribution in [3.63, 3.8) is 0 Å². The average Bonchev–Trinajstić information content (AvgIpc) is 2.81. The lowest BCUT2D eigenvalue weighted by Gasteiger charge is -2.09. The quantitative estimate of drug-likeness (QED) is 0.629. The van der Waals surface area contributed by atoms with Gasteiger partial charge in [0.25, 0.3) is 0 Å². The molecule has 1 heterocycles. The van der Waals surface area contributed by atoms with Crippen LogP contribution in [0.25, 0.3) is 0 Å². The van der Waals surface area contributed by atoms with E-state index in [1.54, 1.807) is 36.4 Å². The summed E-state index contributed by atoms with van der Waals surface area (Å²) in [5, 5.41) is -1.03. The highest BCUT2D eigenvalue weighted by Gasteiger charge is 2.17. The van der Waals surface area contributed by atoms with E-state index >= 15 is 0 Å². The van der Waals surface area contributed by atoms with Crippen LogP contribution in [0.15, 0.2) is 47.1 Å². The summed E-state index contributed by atoms with van der Waals surface area (Å²) in [6.45, 7) is 0. The van der Waals surface area contributed by atoms with Crippen LogP contribution in [0.2, 0.25) is 0 Å². The maximum Gasteiger partial charge on any atom is 0.247 e. The van der Waals surface area contributed by atoms with E-state index in [1.165, 1.54) is 6.26 Å². The van der Waals surface area contributed by atoms with E-state index in [0.717, 1.165) is 0 Å². The number of para-hydroxylation sites is 1. The van der Waals surface area contributed by atoms with Crippen LogP contribution < -0.4 is 4.74 Å². The summed E-state index contributed by atoms with van der Waals surface area (Å²) in [5.41, 5.74) is 0.355. The van der Waals surface area contributed by atoms with E-state index < -0.39 is 5.02 Å². The van der Waals surface area contributed by atoms with E-state index in [0.29, 0.717) is 11.3 Å². The highest BCUT2D eigenvalue weighted by molar-refractivity contribution is 6.43. The van der Waals surface area contributed by atoms with Gasteiger partial charge in [0.05, 0.1) is 11.8 Å². The first kappa shape index (κ1) is 12.0. The number of hydrogen-bond acceptors (Lipinski definition) is 3. The second kappa shape index (κ2) is 5.25. The van der Waals surface area contributed by atoms with Crippen LogP contribution in [0.1, 0.15) is 16.1 Å². The van der Waals surface area contributed by atoms with Crippen molar-refractivity contribution in [1.29, 1.82) is 0 Å². The number of alkyl halides is 2. The Labute approximate surface area is 108 Å². The highest BCUT2D eigenvalue weighted by atomic mass is 35.5. The first-order valence-corrected chi connectivity index (χ1v) is 5.68. The zero-order chi connectivity index (χ0) is 12.3. The lowest BCUT2D eigenvalue weighted by atomic mass is 10.1. The number of ketones is 1. The molecule has 0 atom stereocenters. The Morgan fingerprint density at radius 2 is 1.94 bits per heavy atom. The Morgan fingerprint density at radius 3 is 2.59 bits per heavy atom. The Morgan fingerprint density at radius 1 is 1.18 bits per heavy atom. The smallest absolute Gasteiger partial charge is 0.247 e. The second-order valence-electron chi connectivity index (χ2n) is 3.18. The predicted molar refractivity (Wildman–Crippen MR) is 64.7 cm³/mol. The maximum absolute atomic E-state index is 12.0. The van der Waals surface area contributed by atoms with Crippen molar-refractivity contribution in [1.82, 2.24) is 0 Å². The number of furan rings is 1. The molecule has 5 heteroatoms. The highest BCUT2D eigenvalue weighted by Crippen LogP contribution is 2.24. The number of benzene rings is 1. The van der Waals surface area contributed by atoms with E-state index in [2.05, 4.69) is 0 Å². The van der Waals surface area contributed by atoms with Crippen molar-refractivity contribution < 1.29 is 13.9 Å². The first-order valence-electron chi connectivity index (χ1n) is 4.80. The molecule has 0 radical (unpaired) electrons. The molecule has 3 nitrogen and oxygen atoms in total. The van der Waals surface area contributed by atoms with Gasteiger partial charge in [0.2, 0.25) is 10.8 Å². The largest absolute Gasteiger partial charge is 0.461 e. The molecule has 2 rings (SSSR count). The molecule has 0 aliphatic carbocycles. The van der Waals surface area contributed by atoms with Gasteiger partial charge in [-0.05, 0) is 24.3 Å². The Hall–Kier alpha value is -1.45. The van der Waals surface area contributed by atoms with Crippen molar-refractivity contribution in [3.8, 4) is 5.75 Å². The summed E-state index contributed by atoms with van der Waals surface area (Å²) < 4.78 is 10.2. The summed E-state index contributed by atoms with van der Waals surface area (Å²) in [5.74, 6) is 0.283. The lowest BCUT2D eigenvalue weighted by molar-refractivity contribution is 0.101. The molecule has 0 spiro atoms. The van der Waals surface area contributed by atoms with Crippen molar-refractivity contribution in [3.05, 3.63) is 54.0 Å². The zero-order valence-electron chi connectivity index (χ0n) is 8.60. The fourth-order valence-electron chi connectivity index (χ4n) is 1.39. The molecule has 0 N–H and O–H groups in total. The molecular weight excluding hydrogens is 263 g/mol. The van der Waals surface area contributed by atoms with Gasteiger partial charge in [-0.1, -0.05) is 35.3 Å². The topological polar surface area (TPSA) is 39.4 Å². The zero-order valence-corrected chi connectivity index (χ0v) is 10.1. The van der Waals surface area contributed by atoms with Crippen molar-refractivity contribution in [2.24, 2.45) is 0 Å². The van der Waals surface area contributed by atoms with Gasteiger partial charge in [0, 0.05) is 0 Å². The number of halogens is 2. The summed E-state index contributed by atoms with van der Waals surface area (Å²) in [6.07, 6.45) is 1.43. The van der Waals surface area contributed by atoms with Crippen LogP contribution in [-0.4, -0.2) is 10.8 Å². The van der Waals surface area contributed by atoms with Crippen LogP contribution in [0.3, 0.4) is 0 Å². The fraction of sp³-hybridized carbons (Fsp3) is 0.0833. The number of carbonyl (C=O) groups is 1. The first-order chi connectivity index (χ1) is 8.18. The fourth-order valence-corrected chi connectivity index (χ4v) is 1.59. The van der Waals surface area contributed by atoms with Gasteiger partial charge in [0.15, 0.2) is 5.76 Å². The maximum atomic E-state index is 12.0. The van der Waals surface area contributed by atoms with Crippen molar-refractivity contribution in [2.45, 2.75) is 5.02 Å². The summed E-state index contributed by atoms with van der Waals surface area (Å²) in [7, 11) is 0. The van der Waals surface area contributed by atoms with Crippen molar-refractivity contribution in [2.75, 3.05) is 0 Å². The minimum Gasteiger partial charge on any atom is -0.461 e. The molecule has 0 aliphatic rings. The third-order valence-corrected chi connectivity index (χ3v) is 2.27. The number of hydrogen-bond donors (Lipinski definition) is 0. The minimum atomic E-state index is -1.03. The van der Waals surface area contributed by atoms with Crippen LogP contribution in [0.5, 0.6) is 5.75 Å². The van der Waals surface area contributed by atoms with E-state index in [9.17, 15) is 4.79 Å². The summed E-state index contributed by atoms with van der Waals surface area (Å²) in [4.78, 5) is 12.0. The molecule has 0 bridgehead atoms.